The van der Waals surface area contributed by atoms with Crippen LogP contribution in [0.1, 0.15) is 295 Å². The highest BCUT2D eigenvalue weighted by atomic mass is 14.6. The zero-order valence-corrected chi connectivity index (χ0v) is 36.3. The van der Waals surface area contributed by atoms with Gasteiger partial charge < -0.3 is 0 Å². The highest BCUT2D eigenvalue weighted by Crippen LogP contribution is 2.18. The summed E-state index contributed by atoms with van der Waals surface area (Å²) in [6.45, 7) is 4.62. The Hall–Kier alpha value is -0.850. The standard InChI is InChI=1S/C51H97N/c1-3-5-7-9-11-13-15-17-19-21-23-25-27-29-31-33-35-37-39-41-43-45-50-47-51(49-52-48-50)46-44-42-40-38-36-34-32-30-28-26-24-22-20-18-16-14-12-10-8-6-4-2/h47-49H,3-46H2,1-2H3. The molecule has 0 saturated heterocycles. The van der Waals surface area contributed by atoms with Crippen molar-refractivity contribution in [1.29, 1.82) is 0 Å². The van der Waals surface area contributed by atoms with Crippen LogP contribution in [-0.4, -0.2) is 4.98 Å². The summed E-state index contributed by atoms with van der Waals surface area (Å²) in [5.74, 6) is 0. The lowest BCUT2D eigenvalue weighted by Gasteiger charge is -2.06. The van der Waals surface area contributed by atoms with E-state index >= 15 is 0 Å². The summed E-state index contributed by atoms with van der Waals surface area (Å²) in [6, 6.07) is 2.46. The molecule has 1 aromatic heterocycles. The molecule has 0 N–H and O–H groups in total. The van der Waals surface area contributed by atoms with Crippen LogP contribution in [0, 0.1) is 0 Å². The molecular formula is C51H97N. The third kappa shape index (κ3) is 37.5. The average Bonchev–Trinajstić information content (AvgIpc) is 3.16. The van der Waals surface area contributed by atoms with Crippen molar-refractivity contribution in [1.82, 2.24) is 4.98 Å². The molecule has 0 aliphatic rings. The second kappa shape index (κ2) is 42.9. The van der Waals surface area contributed by atoms with Crippen molar-refractivity contribution in [2.75, 3.05) is 0 Å². The van der Waals surface area contributed by atoms with E-state index < -0.39 is 0 Å². The molecule has 0 radical (unpaired) electrons. The van der Waals surface area contributed by atoms with Gasteiger partial charge in [-0.3, -0.25) is 4.98 Å². The molecule has 1 nitrogen and oxygen atoms in total. The Morgan fingerprint density at radius 2 is 0.423 bits per heavy atom. The first kappa shape index (κ1) is 49.2. The lowest BCUT2D eigenvalue weighted by Crippen LogP contribution is -1.93. The summed E-state index contributed by atoms with van der Waals surface area (Å²) in [5.41, 5.74) is 2.94. The number of hydrogen-bond acceptors (Lipinski definition) is 1. The van der Waals surface area contributed by atoms with Gasteiger partial charge in [0.1, 0.15) is 0 Å². The maximum absolute atomic E-state index is 4.60. The summed E-state index contributed by atoms with van der Waals surface area (Å²) >= 11 is 0. The van der Waals surface area contributed by atoms with E-state index in [0.29, 0.717) is 0 Å². The number of rotatable bonds is 44. The summed E-state index contributed by atoms with van der Waals surface area (Å²) < 4.78 is 0. The summed E-state index contributed by atoms with van der Waals surface area (Å²) in [5, 5.41) is 0. The number of unbranched alkanes of at least 4 members (excludes halogenated alkanes) is 40. The fourth-order valence-electron chi connectivity index (χ4n) is 8.34. The molecule has 0 aliphatic heterocycles. The van der Waals surface area contributed by atoms with Gasteiger partial charge >= 0.3 is 0 Å². The van der Waals surface area contributed by atoms with Gasteiger partial charge in [-0.1, -0.05) is 277 Å². The molecule has 1 heteroatoms. The van der Waals surface area contributed by atoms with E-state index in [1.165, 1.54) is 294 Å². The molecule has 306 valence electrons. The SMILES string of the molecule is CCCCCCCCCCCCCCCCCCCCCCCc1cncc(CCCCCCCCCCCCCCCCCCCCCCC)c1. The van der Waals surface area contributed by atoms with Gasteiger partial charge in [0, 0.05) is 12.4 Å². The Balaban J connectivity index is 1.79. The van der Waals surface area contributed by atoms with Gasteiger partial charge in [-0.25, -0.2) is 0 Å². The molecule has 0 spiro atoms. The van der Waals surface area contributed by atoms with Crippen LogP contribution >= 0.6 is 0 Å². The van der Waals surface area contributed by atoms with Crippen LogP contribution in [0.2, 0.25) is 0 Å². The van der Waals surface area contributed by atoms with Crippen LogP contribution in [0.4, 0.5) is 0 Å². The van der Waals surface area contributed by atoms with E-state index in [1.807, 2.05) is 0 Å². The van der Waals surface area contributed by atoms with Crippen molar-refractivity contribution in [3.8, 4) is 0 Å². The van der Waals surface area contributed by atoms with Crippen LogP contribution < -0.4 is 0 Å². The smallest absolute Gasteiger partial charge is 0.0300 e. The van der Waals surface area contributed by atoms with Crippen molar-refractivity contribution >= 4 is 0 Å². The van der Waals surface area contributed by atoms with Crippen LogP contribution in [-0.2, 0) is 12.8 Å². The molecular weight excluding hydrogens is 627 g/mol. The minimum atomic E-state index is 1.22. The largest absolute Gasteiger partial charge is 0.264 e. The van der Waals surface area contributed by atoms with Crippen molar-refractivity contribution in [3.63, 3.8) is 0 Å². The van der Waals surface area contributed by atoms with Crippen LogP contribution in [0.3, 0.4) is 0 Å². The molecule has 1 heterocycles. The summed E-state index contributed by atoms with van der Waals surface area (Å²) in [4.78, 5) is 4.60. The van der Waals surface area contributed by atoms with Crippen LogP contribution in [0.5, 0.6) is 0 Å². The summed E-state index contributed by atoms with van der Waals surface area (Å²) in [6.07, 6.45) is 67.7. The molecule has 52 heavy (non-hydrogen) atoms. The highest BCUT2D eigenvalue weighted by Gasteiger charge is 2.01. The summed E-state index contributed by atoms with van der Waals surface area (Å²) in [7, 11) is 0. The quantitative estimate of drug-likeness (QED) is 0.0611. The first-order valence-electron chi connectivity index (χ1n) is 24.8. The van der Waals surface area contributed by atoms with E-state index in [-0.39, 0.29) is 0 Å². The second-order valence-corrected chi connectivity index (χ2v) is 17.3. The fourth-order valence-corrected chi connectivity index (χ4v) is 8.34. The van der Waals surface area contributed by atoms with Gasteiger partial charge in [-0.2, -0.15) is 0 Å². The Labute approximate surface area is 329 Å². The molecule has 0 atom stereocenters. The zero-order chi connectivity index (χ0) is 37.1. The van der Waals surface area contributed by atoms with Gasteiger partial charge in [0.2, 0.25) is 0 Å². The maximum atomic E-state index is 4.60. The third-order valence-electron chi connectivity index (χ3n) is 12.0. The first-order chi connectivity index (χ1) is 25.9. The molecule has 1 aromatic rings. The van der Waals surface area contributed by atoms with E-state index in [1.54, 1.807) is 0 Å². The Kier molecular flexibility index (Phi) is 40.6. The molecule has 0 aromatic carbocycles. The number of aryl methyl sites for hydroxylation is 2. The van der Waals surface area contributed by atoms with E-state index in [9.17, 15) is 0 Å². The normalized spacial score (nSPS) is 11.6. The molecule has 0 amide bonds. The third-order valence-corrected chi connectivity index (χ3v) is 12.0. The average molecular weight is 724 g/mol. The van der Waals surface area contributed by atoms with Crippen molar-refractivity contribution in [2.45, 2.75) is 296 Å². The monoisotopic (exact) mass is 724 g/mol. The minimum absolute atomic E-state index is 1.22. The highest BCUT2D eigenvalue weighted by molar-refractivity contribution is 5.18. The van der Waals surface area contributed by atoms with E-state index in [2.05, 4.69) is 37.3 Å². The van der Waals surface area contributed by atoms with Crippen molar-refractivity contribution in [3.05, 3.63) is 29.6 Å². The Morgan fingerprint density at radius 1 is 0.250 bits per heavy atom. The zero-order valence-electron chi connectivity index (χ0n) is 36.3. The molecule has 0 bridgehead atoms. The topological polar surface area (TPSA) is 12.9 Å². The van der Waals surface area contributed by atoms with Gasteiger partial charge in [-0.05, 0) is 36.8 Å². The predicted molar refractivity (Wildman–Crippen MR) is 237 cm³/mol. The van der Waals surface area contributed by atoms with Crippen molar-refractivity contribution < 1.29 is 0 Å². The first-order valence-corrected chi connectivity index (χ1v) is 24.8. The van der Waals surface area contributed by atoms with Crippen LogP contribution in [0.25, 0.3) is 0 Å². The molecule has 0 unspecified atom stereocenters. The molecule has 1 rings (SSSR count). The second-order valence-electron chi connectivity index (χ2n) is 17.3. The van der Waals surface area contributed by atoms with E-state index in [4.69, 9.17) is 0 Å². The molecule has 0 aliphatic carbocycles. The lowest BCUT2D eigenvalue weighted by molar-refractivity contribution is 0.520. The van der Waals surface area contributed by atoms with Gasteiger partial charge in [-0.15, -0.1) is 0 Å². The fraction of sp³-hybridized carbons (Fsp3) is 0.902. The number of nitrogens with zero attached hydrogens (tertiary/aromatic N) is 1. The van der Waals surface area contributed by atoms with E-state index in [0.717, 1.165) is 0 Å². The van der Waals surface area contributed by atoms with Crippen LogP contribution in [0.15, 0.2) is 18.5 Å². The maximum Gasteiger partial charge on any atom is 0.0300 e. The molecule has 0 saturated carbocycles. The number of hydrogen-bond donors (Lipinski definition) is 0. The van der Waals surface area contributed by atoms with Gasteiger partial charge in [0.05, 0.1) is 0 Å². The predicted octanol–water partition coefficient (Wildman–Crippen LogP) is 18.6. The molecule has 0 fully saturated rings. The number of pyridine rings is 1. The minimum Gasteiger partial charge on any atom is -0.264 e. The van der Waals surface area contributed by atoms with Crippen molar-refractivity contribution in [2.24, 2.45) is 0 Å². The van der Waals surface area contributed by atoms with Gasteiger partial charge in [0.25, 0.3) is 0 Å². The Morgan fingerprint density at radius 3 is 0.615 bits per heavy atom. The number of aromatic nitrogens is 1. The van der Waals surface area contributed by atoms with Gasteiger partial charge in [0.15, 0.2) is 0 Å². The Bertz CT molecular complexity index is 724. The lowest BCUT2D eigenvalue weighted by atomic mass is 10.0.